The molecule has 1 fully saturated rings. The Morgan fingerprint density at radius 2 is 1.88 bits per heavy atom. The highest BCUT2D eigenvalue weighted by molar-refractivity contribution is 6.30. The van der Waals surface area contributed by atoms with Gasteiger partial charge in [0.05, 0.1) is 11.8 Å². The topological polar surface area (TPSA) is 66.5 Å². The van der Waals surface area contributed by atoms with E-state index in [1.165, 1.54) is 4.90 Å². The van der Waals surface area contributed by atoms with Gasteiger partial charge in [-0.25, -0.2) is 0 Å². The number of amides is 3. The molecule has 0 saturated carbocycles. The first-order chi connectivity index (χ1) is 11.5. The summed E-state index contributed by atoms with van der Waals surface area (Å²) in [6.45, 7) is 2.08. The molecule has 3 amide bonds. The molecule has 1 saturated heterocycles. The third kappa shape index (κ3) is 3.36. The van der Waals surface area contributed by atoms with Crippen LogP contribution >= 0.6 is 11.6 Å². The standard InChI is InChI=1S/C18H19ClN2O3/c1-11-2-5-13(6-3-11)20-16(22)8-9-21-17(23)14-7-4-12(19)10-15(14)18(21)24/h2-6,14-15H,7-10H2,1H3,(H,20,22)/t14-,15-/m1/s1. The summed E-state index contributed by atoms with van der Waals surface area (Å²) < 4.78 is 0. The zero-order chi connectivity index (χ0) is 17.3. The molecule has 1 aromatic rings. The first-order valence-electron chi connectivity index (χ1n) is 8.02. The number of rotatable bonds is 4. The lowest BCUT2D eigenvalue weighted by Gasteiger charge is -2.17. The van der Waals surface area contributed by atoms with Crippen molar-refractivity contribution in [3.05, 3.63) is 40.9 Å². The van der Waals surface area contributed by atoms with E-state index in [9.17, 15) is 14.4 Å². The highest BCUT2D eigenvalue weighted by atomic mass is 35.5. The molecule has 2 aliphatic rings. The number of nitrogens with one attached hydrogen (secondary N) is 1. The molecule has 1 aliphatic heterocycles. The maximum absolute atomic E-state index is 12.4. The van der Waals surface area contributed by atoms with Crippen molar-refractivity contribution in [2.75, 3.05) is 11.9 Å². The van der Waals surface area contributed by atoms with Crippen molar-refractivity contribution in [1.82, 2.24) is 4.90 Å². The Balaban J connectivity index is 1.57. The van der Waals surface area contributed by atoms with Crippen molar-refractivity contribution in [2.24, 2.45) is 11.8 Å². The van der Waals surface area contributed by atoms with Crippen LogP contribution in [0.25, 0.3) is 0 Å². The lowest BCUT2D eigenvalue weighted by Crippen LogP contribution is -2.34. The Bertz CT molecular complexity index is 711. The fourth-order valence-corrected chi connectivity index (χ4v) is 3.45. The van der Waals surface area contributed by atoms with Gasteiger partial charge in [-0.2, -0.15) is 0 Å². The summed E-state index contributed by atoms with van der Waals surface area (Å²) in [6.07, 6.45) is 2.82. The highest BCUT2D eigenvalue weighted by Crippen LogP contribution is 2.38. The fourth-order valence-electron chi connectivity index (χ4n) is 3.19. The Hall–Kier alpha value is -2.14. The first-order valence-corrected chi connectivity index (χ1v) is 8.40. The first kappa shape index (κ1) is 16.7. The molecule has 3 rings (SSSR count). The number of anilines is 1. The van der Waals surface area contributed by atoms with Crippen LogP contribution in [0, 0.1) is 18.8 Å². The van der Waals surface area contributed by atoms with Gasteiger partial charge in [-0.3, -0.25) is 19.3 Å². The van der Waals surface area contributed by atoms with Gasteiger partial charge in [-0.05, 0) is 31.9 Å². The van der Waals surface area contributed by atoms with Crippen LogP contribution in [0.4, 0.5) is 5.69 Å². The second kappa shape index (κ2) is 6.77. The molecule has 1 aromatic carbocycles. The molecular formula is C18H19ClN2O3. The van der Waals surface area contributed by atoms with Crippen LogP contribution < -0.4 is 5.32 Å². The number of halogens is 1. The molecule has 0 bridgehead atoms. The number of imide groups is 1. The van der Waals surface area contributed by atoms with Crippen molar-refractivity contribution in [3.63, 3.8) is 0 Å². The van der Waals surface area contributed by atoms with Crippen LogP contribution in [0.3, 0.4) is 0 Å². The van der Waals surface area contributed by atoms with Crippen LogP contribution in [0.15, 0.2) is 35.4 Å². The summed E-state index contributed by atoms with van der Waals surface area (Å²) >= 11 is 5.99. The van der Waals surface area contributed by atoms with E-state index in [-0.39, 0.29) is 42.5 Å². The predicted octanol–water partition coefficient (Wildman–Crippen LogP) is 2.84. The number of likely N-dealkylation sites (tertiary alicyclic amines) is 1. The summed E-state index contributed by atoms with van der Waals surface area (Å²) in [7, 11) is 0. The van der Waals surface area contributed by atoms with Crippen molar-refractivity contribution < 1.29 is 14.4 Å². The zero-order valence-corrected chi connectivity index (χ0v) is 14.2. The maximum atomic E-state index is 12.4. The van der Waals surface area contributed by atoms with Gasteiger partial charge in [-0.1, -0.05) is 35.4 Å². The van der Waals surface area contributed by atoms with Crippen LogP contribution in [0.5, 0.6) is 0 Å². The quantitative estimate of drug-likeness (QED) is 0.852. The van der Waals surface area contributed by atoms with Gasteiger partial charge < -0.3 is 5.32 Å². The Kier molecular flexibility index (Phi) is 4.71. The number of fused-ring (bicyclic) bond motifs is 1. The summed E-state index contributed by atoms with van der Waals surface area (Å²) in [4.78, 5) is 38.0. The van der Waals surface area contributed by atoms with E-state index in [1.807, 2.05) is 37.3 Å². The minimum atomic E-state index is -0.366. The molecule has 0 radical (unpaired) electrons. The number of carbonyl (C=O) groups is 3. The number of aryl methyl sites for hydroxylation is 1. The van der Waals surface area contributed by atoms with E-state index in [2.05, 4.69) is 5.32 Å². The largest absolute Gasteiger partial charge is 0.326 e. The van der Waals surface area contributed by atoms with E-state index < -0.39 is 0 Å². The number of carbonyl (C=O) groups excluding carboxylic acids is 3. The molecular weight excluding hydrogens is 328 g/mol. The third-order valence-electron chi connectivity index (χ3n) is 4.56. The van der Waals surface area contributed by atoms with Gasteiger partial charge in [-0.15, -0.1) is 0 Å². The average molecular weight is 347 g/mol. The molecule has 1 N–H and O–H groups in total. The molecule has 0 unspecified atom stereocenters. The Labute approximate surface area is 145 Å². The van der Waals surface area contributed by atoms with Gasteiger partial charge in [0.2, 0.25) is 17.7 Å². The highest BCUT2D eigenvalue weighted by Gasteiger charge is 2.48. The SMILES string of the molecule is Cc1ccc(NC(=O)CCN2C(=O)[C@@H]3CC=C(Cl)C[C@H]3C2=O)cc1. The van der Waals surface area contributed by atoms with E-state index >= 15 is 0 Å². The molecule has 1 aliphatic carbocycles. The second-order valence-corrected chi connectivity index (χ2v) is 6.78. The Morgan fingerprint density at radius 3 is 2.58 bits per heavy atom. The summed E-state index contributed by atoms with van der Waals surface area (Å²) in [5.74, 6) is -1.30. The molecule has 0 aromatic heterocycles. The molecule has 6 heteroatoms. The molecule has 2 atom stereocenters. The number of hydrogen-bond acceptors (Lipinski definition) is 3. The minimum Gasteiger partial charge on any atom is -0.326 e. The number of nitrogens with zero attached hydrogens (tertiary/aromatic N) is 1. The molecule has 5 nitrogen and oxygen atoms in total. The minimum absolute atomic E-state index is 0.0892. The molecule has 126 valence electrons. The maximum Gasteiger partial charge on any atom is 0.233 e. The third-order valence-corrected chi connectivity index (χ3v) is 4.87. The zero-order valence-electron chi connectivity index (χ0n) is 13.4. The van der Waals surface area contributed by atoms with Crippen molar-refractivity contribution in [1.29, 1.82) is 0 Å². The average Bonchev–Trinajstić information content (AvgIpc) is 2.78. The van der Waals surface area contributed by atoms with Crippen LogP contribution in [0.2, 0.25) is 0 Å². The van der Waals surface area contributed by atoms with Gasteiger partial charge in [0.25, 0.3) is 0 Å². The number of allylic oxidation sites excluding steroid dienone is 2. The van der Waals surface area contributed by atoms with E-state index in [0.29, 0.717) is 23.6 Å². The summed E-state index contributed by atoms with van der Waals surface area (Å²) in [5, 5.41) is 3.41. The lowest BCUT2D eigenvalue weighted by molar-refractivity contribution is -0.140. The smallest absolute Gasteiger partial charge is 0.233 e. The van der Waals surface area contributed by atoms with E-state index in [1.54, 1.807) is 0 Å². The van der Waals surface area contributed by atoms with E-state index in [4.69, 9.17) is 11.6 Å². The number of hydrogen-bond donors (Lipinski definition) is 1. The predicted molar refractivity (Wildman–Crippen MR) is 91.3 cm³/mol. The Morgan fingerprint density at radius 1 is 1.21 bits per heavy atom. The summed E-state index contributed by atoms with van der Waals surface area (Å²) in [5.41, 5.74) is 1.81. The molecule has 0 spiro atoms. The second-order valence-electron chi connectivity index (χ2n) is 6.30. The van der Waals surface area contributed by atoms with Crippen LogP contribution in [-0.4, -0.2) is 29.2 Å². The fraction of sp³-hybridized carbons (Fsp3) is 0.389. The van der Waals surface area contributed by atoms with Crippen LogP contribution in [-0.2, 0) is 14.4 Å². The monoisotopic (exact) mass is 346 g/mol. The normalized spacial score (nSPS) is 23.1. The van der Waals surface area contributed by atoms with Crippen LogP contribution in [0.1, 0.15) is 24.8 Å². The van der Waals surface area contributed by atoms with E-state index in [0.717, 1.165) is 5.56 Å². The van der Waals surface area contributed by atoms with Gasteiger partial charge in [0.15, 0.2) is 0 Å². The number of benzene rings is 1. The van der Waals surface area contributed by atoms with Crippen molar-refractivity contribution in [2.45, 2.75) is 26.2 Å². The van der Waals surface area contributed by atoms with Gasteiger partial charge in [0.1, 0.15) is 0 Å². The summed E-state index contributed by atoms with van der Waals surface area (Å²) in [6, 6.07) is 7.46. The lowest BCUT2D eigenvalue weighted by atomic mass is 9.85. The van der Waals surface area contributed by atoms with Gasteiger partial charge in [0, 0.05) is 23.7 Å². The van der Waals surface area contributed by atoms with Crippen molar-refractivity contribution in [3.8, 4) is 0 Å². The molecule has 1 heterocycles. The van der Waals surface area contributed by atoms with Crippen molar-refractivity contribution >= 4 is 35.0 Å². The molecule has 24 heavy (non-hydrogen) atoms. The van der Waals surface area contributed by atoms with Gasteiger partial charge >= 0.3 is 0 Å².